The van der Waals surface area contributed by atoms with E-state index >= 15 is 0 Å². The Hall–Kier alpha value is -4.90. The van der Waals surface area contributed by atoms with Crippen molar-refractivity contribution in [3.63, 3.8) is 0 Å². The second-order valence-electron chi connectivity index (χ2n) is 6.93. The predicted molar refractivity (Wildman–Crippen MR) is 114 cm³/mol. The zero-order valence-corrected chi connectivity index (χ0v) is 15.6. The van der Waals surface area contributed by atoms with Crippen LogP contribution in [0.2, 0.25) is 0 Å². The number of hydrogen-bond acceptors (Lipinski definition) is 2. The van der Waals surface area contributed by atoms with E-state index in [2.05, 4.69) is 9.69 Å². The van der Waals surface area contributed by atoms with Crippen LogP contribution < -0.4 is 0 Å². The topological polar surface area (TPSA) is 56.3 Å². The predicted octanol–water partition coefficient (Wildman–Crippen LogP) is 6.05. The van der Waals surface area contributed by atoms with Gasteiger partial charge in [-0.2, -0.15) is 0 Å². The fourth-order valence-electron chi connectivity index (χ4n) is 4.41. The van der Waals surface area contributed by atoms with Gasteiger partial charge in [-0.1, -0.05) is 48.5 Å². The van der Waals surface area contributed by atoms with Gasteiger partial charge in [-0.05, 0) is 56.6 Å². The standard InChI is InChI=1S/C26H10N4/c1-29-23(13-27)25-17-9-5-3-7-15(17)19-12-22-20(11-21(19)25)16-8-4-6-10-18(16)26(22)24(14-28)30-2/h3-12H/b25-23+,26-24+. The Morgan fingerprint density at radius 2 is 0.933 bits per heavy atom. The van der Waals surface area contributed by atoms with Crippen molar-refractivity contribution in [1.82, 2.24) is 0 Å². The van der Waals surface area contributed by atoms with Crippen molar-refractivity contribution in [3.8, 4) is 34.4 Å². The fourth-order valence-corrected chi connectivity index (χ4v) is 4.41. The van der Waals surface area contributed by atoms with Gasteiger partial charge in [0.15, 0.2) is 0 Å². The molecule has 0 aromatic heterocycles. The third kappa shape index (κ3) is 2.11. The second kappa shape index (κ2) is 6.32. The molecule has 0 spiro atoms. The number of fused-ring (bicyclic) bond motifs is 6. The van der Waals surface area contributed by atoms with Gasteiger partial charge in [-0.15, -0.1) is 0 Å². The molecule has 30 heavy (non-hydrogen) atoms. The molecule has 0 saturated heterocycles. The minimum Gasteiger partial charge on any atom is -0.226 e. The molecule has 4 nitrogen and oxygen atoms in total. The summed E-state index contributed by atoms with van der Waals surface area (Å²) in [7, 11) is 0. The summed E-state index contributed by atoms with van der Waals surface area (Å²) in [5, 5.41) is 19.1. The molecular formula is C26H10N4. The first-order valence-electron chi connectivity index (χ1n) is 9.15. The van der Waals surface area contributed by atoms with Crippen LogP contribution in [-0.2, 0) is 0 Å². The number of benzene rings is 3. The lowest BCUT2D eigenvalue weighted by Gasteiger charge is -2.09. The summed E-state index contributed by atoms with van der Waals surface area (Å²) in [6.07, 6.45) is 0. The Bertz CT molecular complexity index is 1370. The van der Waals surface area contributed by atoms with E-state index in [0.29, 0.717) is 11.1 Å². The Kier molecular flexibility index (Phi) is 3.63. The molecule has 2 aliphatic carbocycles. The number of hydrogen-bond donors (Lipinski definition) is 0. The molecule has 4 heteroatoms. The molecular weight excluding hydrogens is 368 g/mol. The van der Waals surface area contributed by atoms with E-state index in [1.165, 1.54) is 0 Å². The molecule has 3 aromatic rings. The third-order valence-electron chi connectivity index (χ3n) is 5.58. The van der Waals surface area contributed by atoms with Gasteiger partial charge in [-0.25, -0.2) is 20.2 Å². The van der Waals surface area contributed by atoms with Crippen LogP contribution in [0.15, 0.2) is 72.1 Å². The number of nitrogens with zero attached hydrogens (tertiary/aromatic N) is 4. The molecule has 0 unspecified atom stereocenters. The highest BCUT2D eigenvalue weighted by molar-refractivity contribution is 6.10. The van der Waals surface area contributed by atoms with Crippen LogP contribution in [-0.4, -0.2) is 0 Å². The molecule has 5 rings (SSSR count). The van der Waals surface area contributed by atoms with Crippen LogP contribution in [0.4, 0.5) is 0 Å². The molecule has 0 saturated carbocycles. The van der Waals surface area contributed by atoms with Crippen LogP contribution in [0.1, 0.15) is 22.3 Å². The van der Waals surface area contributed by atoms with Gasteiger partial charge in [0, 0.05) is 11.1 Å². The van der Waals surface area contributed by atoms with Gasteiger partial charge in [0.25, 0.3) is 11.4 Å². The summed E-state index contributed by atoms with van der Waals surface area (Å²) in [5.41, 5.74) is 8.47. The summed E-state index contributed by atoms with van der Waals surface area (Å²) in [4.78, 5) is 6.94. The first kappa shape index (κ1) is 17.2. The Labute approximate surface area is 173 Å². The monoisotopic (exact) mass is 378 g/mol. The van der Waals surface area contributed by atoms with E-state index in [0.717, 1.165) is 44.5 Å². The van der Waals surface area contributed by atoms with E-state index in [-0.39, 0.29) is 11.4 Å². The summed E-state index contributed by atoms with van der Waals surface area (Å²) in [6.45, 7) is 15.0. The normalized spacial score (nSPS) is 15.3. The summed E-state index contributed by atoms with van der Waals surface area (Å²) < 4.78 is 0. The van der Waals surface area contributed by atoms with Crippen LogP contribution in [0.25, 0.3) is 43.1 Å². The van der Waals surface area contributed by atoms with Crippen molar-refractivity contribution in [1.29, 1.82) is 10.5 Å². The summed E-state index contributed by atoms with van der Waals surface area (Å²) >= 11 is 0. The Morgan fingerprint density at radius 1 is 0.567 bits per heavy atom. The van der Waals surface area contributed by atoms with Gasteiger partial charge in [-0.3, -0.25) is 0 Å². The van der Waals surface area contributed by atoms with Crippen molar-refractivity contribution in [2.45, 2.75) is 0 Å². The van der Waals surface area contributed by atoms with Crippen molar-refractivity contribution < 1.29 is 0 Å². The highest BCUT2D eigenvalue weighted by Gasteiger charge is 2.32. The highest BCUT2D eigenvalue weighted by atomic mass is 14.7. The zero-order chi connectivity index (χ0) is 20.8. The fraction of sp³-hybridized carbons (Fsp3) is 0. The Balaban J connectivity index is 1.95. The third-order valence-corrected chi connectivity index (χ3v) is 5.58. The maximum Gasteiger partial charge on any atom is 0.270 e. The van der Waals surface area contributed by atoms with Gasteiger partial charge in [0.05, 0.1) is 25.3 Å². The smallest absolute Gasteiger partial charge is 0.226 e. The van der Waals surface area contributed by atoms with Crippen LogP contribution in [0.5, 0.6) is 0 Å². The molecule has 0 aliphatic heterocycles. The first-order valence-corrected chi connectivity index (χ1v) is 9.15. The molecule has 3 aromatic carbocycles. The molecule has 0 amide bonds. The molecule has 134 valence electrons. The Morgan fingerprint density at radius 3 is 1.27 bits per heavy atom. The molecule has 0 bridgehead atoms. The van der Waals surface area contributed by atoms with Crippen molar-refractivity contribution in [2.24, 2.45) is 0 Å². The largest absolute Gasteiger partial charge is 0.270 e. The molecule has 0 N–H and O–H groups in total. The van der Waals surface area contributed by atoms with Gasteiger partial charge in [0.1, 0.15) is 0 Å². The molecule has 2 aliphatic rings. The van der Waals surface area contributed by atoms with Gasteiger partial charge in [0.2, 0.25) is 0 Å². The maximum atomic E-state index is 9.57. The number of nitriles is 2. The lowest BCUT2D eigenvalue weighted by molar-refractivity contribution is 1.49. The van der Waals surface area contributed by atoms with Crippen LogP contribution in [0.3, 0.4) is 0 Å². The van der Waals surface area contributed by atoms with Crippen molar-refractivity contribution in [2.75, 3.05) is 0 Å². The van der Waals surface area contributed by atoms with E-state index in [1.807, 2.05) is 72.8 Å². The number of rotatable bonds is 0. The SMILES string of the molecule is [C-]#[N+]/C(C#N)=C1\c2ccccc2-c2cc3c(cc21)-c1ccccc1/C3=C(/C#N)[N+]#[C-]. The molecule has 0 radical (unpaired) electrons. The first-order chi connectivity index (χ1) is 14.7. The lowest BCUT2D eigenvalue weighted by atomic mass is 9.95. The molecule has 0 heterocycles. The van der Waals surface area contributed by atoms with E-state index in [9.17, 15) is 10.5 Å². The second-order valence-corrected chi connectivity index (χ2v) is 6.93. The average Bonchev–Trinajstić information content (AvgIpc) is 3.28. The minimum atomic E-state index is 0.0575. The van der Waals surface area contributed by atoms with E-state index in [1.54, 1.807) is 0 Å². The molecule has 0 fully saturated rings. The van der Waals surface area contributed by atoms with Gasteiger partial charge < -0.3 is 0 Å². The number of allylic oxidation sites excluding steroid dienone is 2. The summed E-state index contributed by atoms with van der Waals surface area (Å²) in [5.74, 6) is 0. The quantitative estimate of drug-likeness (QED) is 0.243. The molecule has 0 atom stereocenters. The van der Waals surface area contributed by atoms with E-state index in [4.69, 9.17) is 13.1 Å². The van der Waals surface area contributed by atoms with Gasteiger partial charge >= 0.3 is 0 Å². The van der Waals surface area contributed by atoms with Crippen molar-refractivity contribution in [3.05, 3.63) is 117 Å². The minimum absolute atomic E-state index is 0.0575. The van der Waals surface area contributed by atoms with Crippen LogP contribution >= 0.6 is 0 Å². The zero-order valence-electron chi connectivity index (χ0n) is 15.6. The average molecular weight is 378 g/mol. The van der Waals surface area contributed by atoms with Crippen molar-refractivity contribution >= 4 is 11.1 Å². The van der Waals surface area contributed by atoms with Crippen LogP contribution in [0, 0.1) is 35.8 Å². The highest BCUT2D eigenvalue weighted by Crippen LogP contribution is 2.53. The van der Waals surface area contributed by atoms with E-state index < -0.39 is 0 Å². The lowest BCUT2D eigenvalue weighted by Crippen LogP contribution is -1.89. The maximum absolute atomic E-state index is 9.57. The summed E-state index contributed by atoms with van der Waals surface area (Å²) in [6, 6.07) is 23.5.